The molecule has 15 heavy (non-hydrogen) atoms. The minimum atomic E-state index is -0.0478. The fourth-order valence-electron chi connectivity index (χ4n) is 1.33. The fraction of sp³-hybridized carbons (Fsp3) is 0.333. The highest BCUT2D eigenvalue weighted by Crippen LogP contribution is 2.15. The number of amides is 1. The van der Waals surface area contributed by atoms with E-state index < -0.39 is 0 Å². The number of rotatable bonds is 3. The zero-order valence-electron chi connectivity index (χ0n) is 9.26. The molecule has 0 aromatic heterocycles. The maximum absolute atomic E-state index is 11.3. The average molecular weight is 205 g/mol. The number of ketones is 1. The van der Waals surface area contributed by atoms with Crippen LogP contribution >= 0.6 is 0 Å². The first-order valence-electron chi connectivity index (χ1n) is 4.96. The van der Waals surface area contributed by atoms with E-state index in [1.807, 2.05) is 13.0 Å². The van der Waals surface area contributed by atoms with Crippen molar-refractivity contribution in [1.29, 1.82) is 0 Å². The molecular formula is C12H15NO2. The molecule has 0 spiro atoms. The molecule has 0 aliphatic rings. The van der Waals surface area contributed by atoms with Gasteiger partial charge in [0.15, 0.2) is 5.78 Å². The molecular weight excluding hydrogens is 190 g/mol. The first-order chi connectivity index (χ1) is 7.04. The summed E-state index contributed by atoms with van der Waals surface area (Å²) in [6.45, 7) is 5.19. The second-order valence-electron chi connectivity index (χ2n) is 3.49. The molecule has 1 aromatic carbocycles. The number of anilines is 1. The monoisotopic (exact) mass is 205 g/mol. The zero-order chi connectivity index (χ0) is 11.4. The fourth-order valence-corrected chi connectivity index (χ4v) is 1.33. The Hall–Kier alpha value is -1.64. The lowest BCUT2D eigenvalue weighted by Gasteiger charge is -2.07. The molecule has 0 atom stereocenters. The molecule has 0 unspecified atom stereocenters. The summed E-state index contributed by atoms with van der Waals surface area (Å²) in [5, 5.41) is 2.72. The zero-order valence-corrected chi connectivity index (χ0v) is 9.26. The quantitative estimate of drug-likeness (QED) is 0.771. The van der Waals surface area contributed by atoms with Gasteiger partial charge in [-0.1, -0.05) is 13.0 Å². The third kappa shape index (κ3) is 2.91. The van der Waals surface area contributed by atoms with Gasteiger partial charge in [-0.15, -0.1) is 0 Å². The van der Waals surface area contributed by atoms with Crippen LogP contribution in [-0.2, 0) is 4.79 Å². The van der Waals surface area contributed by atoms with Crippen LogP contribution in [0, 0.1) is 6.92 Å². The van der Waals surface area contributed by atoms with Crippen LogP contribution in [0.2, 0.25) is 0 Å². The number of aryl methyl sites for hydroxylation is 1. The van der Waals surface area contributed by atoms with Crippen molar-refractivity contribution in [2.24, 2.45) is 0 Å². The Morgan fingerprint density at radius 1 is 1.33 bits per heavy atom. The van der Waals surface area contributed by atoms with Crippen LogP contribution in [0.1, 0.15) is 36.2 Å². The lowest BCUT2D eigenvalue weighted by atomic mass is 10.0. The second-order valence-corrected chi connectivity index (χ2v) is 3.49. The largest absolute Gasteiger partial charge is 0.326 e. The summed E-state index contributed by atoms with van der Waals surface area (Å²) in [5.41, 5.74) is 2.26. The molecule has 1 amide bonds. The summed E-state index contributed by atoms with van der Waals surface area (Å²) in [5.74, 6) is -0.0338. The molecule has 0 saturated heterocycles. The third-order valence-corrected chi connectivity index (χ3v) is 2.22. The number of carbonyl (C=O) groups excluding carboxylic acids is 2. The van der Waals surface area contributed by atoms with Crippen LogP contribution in [0.5, 0.6) is 0 Å². The standard InChI is InChI=1S/C12H15NO2/c1-4-12(15)13-10-6-5-8(2)11(7-10)9(3)14/h5-7H,4H2,1-3H3,(H,13,15). The van der Waals surface area contributed by atoms with Crippen LogP contribution in [0.25, 0.3) is 0 Å². The van der Waals surface area contributed by atoms with E-state index in [1.165, 1.54) is 6.92 Å². The Labute approximate surface area is 89.5 Å². The number of Topliss-reactive ketones (excluding diaryl/α,β-unsaturated/α-hetero) is 1. The van der Waals surface area contributed by atoms with Crippen molar-refractivity contribution < 1.29 is 9.59 Å². The minimum absolute atomic E-state index is 0.0140. The SMILES string of the molecule is CCC(=O)Nc1ccc(C)c(C(C)=O)c1. The van der Waals surface area contributed by atoms with E-state index >= 15 is 0 Å². The second kappa shape index (κ2) is 4.73. The number of nitrogens with one attached hydrogen (secondary N) is 1. The van der Waals surface area contributed by atoms with Crippen LogP contribution in [0.4, 0.5) is 5.69 Å². The molecule has 3 nitrogen and oxygen atoms in total. The molecule has 1 rings (SSSR count). The Morgan fingerprint density at radius 2 is 2.00 bits per heavy atom. The molecule has 1 N–H and O–H groups in total. The van der Waals surface area contributed by atoms with Crippen molar-refractivity contribution in [3.8, 4) is 0 Å². The van der Waals surface area contributed by atoms with Gasteiger partial charge in [-0.05, 0) is 31.5 Å². The van der Waals surface area contributed by atoms with Gasteiger partial charge in [0, 0.05) is 17.7 Å². The van der Waals surface area contributed by atoms with Crippen molar-refractivity contribution in [2.75, 3.05) is 5.32 Å². The van der Waals surface area contributed by atoms with E-state index in [0.29, 0.717) is 17.7 Å². The van der Waals surface area contributed by atoms with Crippen LogP contribution < -0.4 is 5.32 Å². The van der Waals surface area contributed by atoms with Crippen LogP contribution in [0.3, 0.4) is 0 Å². The van der Waals surface area contributed by atoms with E-state index in [2.05, 4.69) is 5.32 Å². The summed E-state index contributed by atoms with van der Waals surface area (Å²) in [6, 6.07) is 5.35. The highest BCUT2D eigenvalue weighted by atomic mass is 16.1. The molecule has 0 heterocycles. The predicted octanol–water partition coefficient (Wildman–Crippen LogP) is 2.55. The maximum Gasteiger partial charge on any atom is 0.224 e. The summed E-state index contributed by atoms with van der Waals surface area (Å²) in [6.07, 6.45) is 0.434. The van der Waals surface area contributed by atoms with Crippen molar-refractivity contribution in [1.82, 2.24) is 0 Å². The normalized spacial score (nSPS) is 9.80. The Morgan fingerprint density at radius 3 is 2.53 bits per heavy atom. The van der Waals surface area contributed by atoms with Gasteiger partial charge in [-0.25, -0.2) is 0 Å². The van der Waals surface area contributed by atoms with E-state index in [-0.39, 0.29) is 11.7 Å². The first kappa shape index (κ1) is 11.4. The Bertz CT molecular complexity index is 397. The molecule has 0 radical (unpaired) electrons. The topological polar surface area (TPSA) is 46.2 Å². The van der Waals surface area contributed by atoms with Crippen molar-refractivity contribution >= 4 is 17.4 Å². The number of benzene rings is 1. The first-order valence-corrected chi connectivity index (χ1v) is 4.96. The highest BCUT2D eigenvalue weighted by Gasteiger charge is 2.06. The van der Waals surface area contributed by atoms with Gasteiger partial charge in [0.1, 0.15) is 0 Å². The molecule has 0 fully saturated rings. The van der Waals surface area contributed by atoms with E-state index in [0.717, 1.165) is 5.56 Å². The number of carbonyl (C=O) groups is 2. The maximum atomic E-state index is 11.3. The summed E-state index contributed by atoms with van der Waals surface area (Å²) in [7, 11) is 0. The van der Waals surface area contributed by atoms with E-state index in [9.17, 15) is 9.59 Å². The van der Waals surface area contributed by atoms with Crippen LogP contribution in [0.15, 0.2) is 18.2 Å². The molecule has 0 saturated carbocycles. The van der Waals surface area contributed by atoms with Gasteiger partial charge in [0.25, 0.3) is 0 Å². The molecule has 0 bridgehead atoms. The van der Waals surface area contributed by atoms with Crippen LogP contribution in [-0.4, -0.2) is 11.7 Å². The van der Waals surface area contributed by atoms with Gasteiger partial charge in [-0.2, -0.15) is 0 Å². The summed E-state index contributed by atoms with van der Waals surface area (Å²) >= 11 is 0. The highest BCUT2D eigenvalue weighted by molar-refractivity contribution is 5.98. The van der Waals surface area contributed by atoms with Gasteiger partial charge in [0.05, 0.1) is 0 Å². The van der Waals surface area contributed by atoms with Crippen molar-refractivity contribution in [2.45, 2.75) is 27.2 Å². The summed E-state index contributed by atoms with van der Waals surface area (Å²) < 4.78 is 0. The van der Waals surface area contributed by atoms with E-state index in [1.54, 1.807) is 19.1 Å². The Balaban J connectivity index is 2.97. The number of hydrogen-bond acceptors (Lipinski definition) is 2. The van der Waals surface area contributed by atoms with Crippen molar-refractivity contribution in [3.63, 3.8) is 0 Å². The van der Waals surface area contributed by atoms with Gasteiger partial charge < -0.3 is 5.32 Å². The molecule has 0 aliphatic carbocycles. The van der Waals surface area contributed by atoms with Gasteiger partial charge in [-0.3, -0.25) is 9.59 Å². The van der Waals surface area contributed by atoms with Crippen molar-refractivity contribution in [3.05, 3.63) is 29.3 Å². The third-order valence-electron chi connectivity index (χ3n) is 2.22. The smallest absolute Gasteiger partial charge is 0.224 e. The Kier molecular flexibility index (Phi) is 3.61. The summed E-state index contributed by atoms with van der Waals surface area (Å²) in [4.78, 5) is 22.4. The molecule has 0 aliphatic heterocycles. The van der Waals surface area contributed by atoms with Gasteiger partial charge in [0.2, 0.25) is 5.91 Å². The van der Waals surface area contributed by atoms with E-state index in [4.69, 9.17) is 0 Å². The van der Waals surface area contributed by atoms with Gasteiger partial charge >= 0.3 is 0 Å². The number of hydrogen-bond donors (Lipinski definition) is 1. The lowest BCUT2D eigenvalue weighted by Crippen LogP contribution is -2.10. The lowest BCUT2D eigenvalue weighted by molar-refractivity contribution is -0.115. The minimum Gasteiger partial charge on any atom is -0.326 e. The molecule has 80 valence electrons. The average Bonchev–Trinajstić information content (AvgIpc) is 2.20. The molecule has 3 heteroatoms. The predicted molar refractivity (Wildman–Crippen MR) is 60.1 cm³/mol. The molecule has 1 aromatic rings.